The molecule has 2 unspecified atom stereocenters. The predicted molar refractivity (Wildman–Crippen MR) is 72.1 cm³/mol. The summed E-state index contributed by atoms with van der Waals surface area (Å²) in [6.45, 7) is 3.48. The zero-order valence-electron chi connectivity index (χ0n) is 11.3. The molecular weight excluding hydrogens is 246 g/mol. The van der Waals surface area contributed by atoms with Crippen molar-refractivity contribution in [3.05, 3.63) is 23.8 Å². The van der Waals surface area contributed by atoms with Gasteiger partial charge in [0.15, 0.2) is 11.5 Å². The van der Waals surface area contributed by atoms with Crippen LogP contribution in [-0.4, -0.2) is 26.8 Å². The lowest BCUT2D eigenvalue weighted by Gasteiger charge is -2.25. The summed E-state index contributed by atoms with van der Waals surface area (Å²) in [5.41, 5.74) is 5.35. The molecule has 5 N–H and O–H groups in total. The first-order valence-electron chi connectivity index (χ1n) is 6.29. The Balaban J connectivity index is 2.77. The summed E-state index contributed by atoms with van der Waals surface area (Å²) in [4.78, 5) is 11.0. The van der Waals surface area contributed by atoms with Crippen LogP contribution in [0.15, 0.2) is 18.2 Å². The fourth-order valence-corrected chi connectivity index (χ4v) is 2.08. The summed E-state index contributed by atoms with van der Waals surface area (Å²) in [5.74, 6) is -1.23. The van der Waals surface area contributed by atoms with Crippen molar-refractivity contribution in [3.63, 3.8) is 0 Å². The molecule has 1 aromatic carbocycles. The van der Waals surface area contributed by atoms with Crippen molar-refractivity contribution in [1.29, 1.82) is 0 Å². The number of carbonyl (C=O) groups is 1. The quantitative estimate of drug-likeness (QED) is 0.589. The molecule has 106 valence electrons. The number of carboxylic acids is 1. The fourth-order valence-electron chi connectivity index (χ4n) is 2.08. The van der Waals surface area contributed by atoms with Crippen molar-refractivity contribution in [3.8, 4) is 11.5 Å². The van der Waals surface area contributed by atoms with Crippen LogP contribution >= 0.6 is 0 Å². The molecule has 0 aliphatic carbocycles. The van der Waals surface area contributed by atoms with E-state index in [1.807, 2.05) is 6.92 Å². The van der Waals surface area contributed by atoms with Crippen molar-refractivity contribution in [2.75, 3.05) is 0 Å². The zero-order chi connectivity index (χ0) is 14.6. The Bertz CT molecular complexity index is 457. The number of phenolic OH excluding ortho intramolecular Hbond substituents is 2. The molecule has 5 heteroatoms. The Morgan fingerprint density at radius 1 is 1.37 bits per heavy atom. The molecule has 0 amide bonds. The third kappa shape index (κ3) is 4.13. The molecule has 1 aromatic rings. The van der Waals surface area contributed by atoms with Gasteiger partial charge in [-0.05, 0) is 43.4 Å². The van der Waals surface area contributed by atoms with Crippen LogP contribution < -0.4 is 5.73 Å². The summed E-state index contributed by atoms with van der Waals surface area (Å²) in [6.07, 6.45) is 1.77. The molecule has 0 saturated heterocycles. The second-order valence-electron chi connectivity index (χ2n) is 5.23. The van der Waals surface area contributed by atoms with Gasteiger partial charge in [-0.15, -0.1) is 0 Å². The number of rotatable bonds is 6. The number of hydrogen-bond donors (Lipinski definition) is 4. The Labute approximate surface area is 112 Å². The number of aromatic hydroxyl groups is 2. The monoisotopic (exact) mass is 267 g/mol. The highest BCUT2D eigenvalue weighted by Gasteiger charge is 2.30. The predicted octanol–water partition coefficient (Wildman–Crippen LogP) is 1.86. The molecule has 5 nitrogen and oxygen atoms in total. The van der Waals surface area contributed by atoms with Crippen LogP contribution in [0.2, 0.25) is 0 Å². The molecule has 2 atom stereocenters. The van der Waals surface area contributed by atoms with Gasteiger partial charge in [-0.3, -0.25) is 4.79 Å². The van der Waals surface area contributed by atoms with E-state index < -0.39 is 11.5 Å². The van der Waals surface area contributed by atoms with E-state index in [0.717, 1.165) is 12.0 Å². The van der Waals surface area contributed by atoms with Crippen LogP contribution in [0.4, 0.5) is 0 Å². The molecule has 0 bridgehead atoms. The summed E-state index contributed by atoms with van der Waals surface area (Å²) < 4.78 is 0. The molecule has 0 spiro atoms. The van der Waals surface area contributed by atoms with Crippen molar-refractivity contribution in [2.45, 2.75) is 38.6 Å². The van der Waals surface area contributed by atoms with Crippen LogP contribution in [0.25, 0.3) is 0 Å². The van der Waals surface area contributed by atoms with Crippen molar-refractivity contribution in [1.82, 2.24) is 0 Å². The van der Waals surface area contributed by atoms with E-state index in [2.05, 4.69) is 0 Å². The maximum Gasteiger partial charge on any atom is 0.323 e. The lowest BCUT2D eigenvalue weighted by molar-refractivity contribution is -0.143. The Morgan fingerprint density at radius 2 is 2.00 bits per heavy atom. The van der Waals surface area contributed by atoms with Crippen LogP contribution in [-0.2, 0) is 11.2 Å². The van der Waals surface area contributed by atoms with E-state index >= 15 is 0 Å². The van der Waals surface area contributed by atoms with Crippen molar-refractivity contribution >= 4 is 5.97 Å². The topological polar surface area (TPSA) is 104 Å². The van der Waals surface area contributed by atoms with E-state index in [-0.39, 0.29) is 17.4 Å². The SMILES string of the molecule is CCC(Cc1ccc(O)c(O)c1)CC(C)(N)C(=O)O. The fraction of sp³-hybridized carbons (Fsp3) is 0.500. The highest BCUT2D eigenvalue weighted by molar-refractivity contribution is 5.77. The van der Waals surface area contributed by atoms with Crippen molar-refractivity contribution < 1.29 is 20.1 Å². The maximum atomic E-state index is 11.0. The standard InChI is InChI=1S/C14H21NO4/c1-3-9(8-14(2,15)13(18)19)6-10-4-5-11(16)12(17)7-10/h4-5,7,9,16-17H,3,6,8,15H2,1-2H3,(H,18,19). The number of hydrogen-bond acceptors (Lipinski definition) is 4. The molecule has 0 saturated carbocycles. The van der Waals surface area contributed by atoms with Gasteiger partial charge in [0.2, 0.25) is 0 Å². The smallest absolute Gasteiger partial charge is 0.323 e. The van der Waals surface area contributed by atoms with Gasteiger partial charge in [0.05, 0.1) is 0 Å². The zero-order valence-corrected chi connectivity index (χ0v) is 11.3. The molecule has 0 radical (unpaired) electrons. The minimum absolute atomic E-state index is 0.107. The number of carboxylic acid groups (broad SMARTS) is 1. The van der Waals surface area contributed by atoms with E-state index in [1.54, 1.807) is 6.07 Å². The number of phenols is 2. The lowest BCUT2D eigenvalue weighted by Crippen LogP contribution is -2.46. The van der Waals surface area contributed by atoms with Crippen LogP contribution in [0.3, 0.4) is 0 Å². The lowest BCUT2D eigenvalue weighted by atomic mass is 9.84. The first-order chi connectivity index (χ1) is 8.76. The van der Waals surface area contributed by atoms with Crippen LogP contribution in [0, 0.1) is 5.92 Å². The highest BCUT2D eigenvalue weighted by Crippen LogP contribution is 2.28. The van der Waals surface area contributed by atoms with Crippen LogP contribution in [0.1, 0.15) is 32.3 Å². The molecule has 19 heavy (non-hydrogen) atoms. The number of benzene rings is 1. The number of nitrogens with two attached hydrogens (primary N) is 1. The first-order valence-corrected chi connectivity index (χ1v) is 6.29. The summed E-state index contributed by atoms with van der Waals surface area (Å²) >= 11 is 0. The van der Waals surface area contributed by atoms with E-state index in [4.69, 9.17) is 10.8 Å². The third-order valence-electron chi connectivity index (χ3n) is 3.34. The van der Waals surface area contributed by atoms with E-state index in [1.165, 1.54) is 19.1 Å². The molecule has 0 aliphatic rings. The van der Waals surface area contributed by atoms with Gasteiger partial charge in [-0.1, -0.05) is 19.4 Å². The van der Waals surface area contributed by atoms with E-state index in [9.17, 15) is 15.0 Å². The highest BCUT2D eigenvalue weighted by atomic mass is 16.4. The van der Waals surface area contributed by atoms with Gasteiger partial charge in [-0.2, -0.15) is 0 Å². The Hall–Kier alpha value is -1.75. The maximum absolute atomic E-state index is 11.0. The largest absolute Gasteiger partial charge is 0.504 e. The summed E-state index contributed by atoms with van der Waals surface area (Å²) in [5, 5.41) is 27.7. The molecule has 0 aromatic heterocycles. The van der Waals surface area contributed by atoms with Gasteiger partial charge >= 0.3 is 5.97 Å². The van der Waals surface area contributed by atoms with E-state index in [0.29, 0.717) is 12.8 Å². The number of aliphatic carboxylic acids is 1. The van der Waals surface area contributed by atoms with Gasteiger partial charge < -0.3 is 21.1 Å². The second kappa shape index (κ2) is 5.93. The van der Waals surface area contributed by atoms with Gasteiger partial charge in [0.25, 0.3) is 0 Å². The molecular formula is C14H21NO4. The Morgan fingerprint density at radius 3 is 2.47 bits per heavy atom. The van der Waals surface area contributed by atoms with Gasteiger partial charge in [0.1, 0.15) is 5.54 Å². The normalized spacial score (nSPS) is 15.7. The van der Waals surface area contributed by atoms with Gasteiger partial charge in [0, 0.05) is 0 Å². The summed E-state index contributed by atoms with van der Waals surface area (Å²) in [7, 11) is 0. The molecule has 0 aliphatic heterocycles. The minimum Gasteiger partial charge on any atom is -0.504 e. The molecule has 0 fully saturated rings. The minimum atomic E-state index is -1.25. The van der Waals surface area contributed by atoms with Crippen molar-refractivity contribution in [2.24, 2.45) is 11.7 Å². The van der Waals surface area contributed by atoms with Crippen LogP contribution in [0.5, 0.6) is 11.5 Å². The first kappa shape index (κ1) is 15.3. The average molecular weight is 267 g/mol. The third-order valence-corrected chi connectivity index (χ3v) is 3.34. The average Bonchev–Trinajstić information content (AvgIpc) is 2.32. The Kier molecular flexibility index (Phi) is 4.78. The van der Waals surface area contributed by atoms with Gasteiger partial charge in [-0.25, -0.2) is 0 Å². The molecule has 1 rings (SSSR count). The second-order valence-corrected chi connectivity index (χ2v) is 5.23. The summed E-state index contributed by atoms with van der Waals surface area (Å²) in [6, 6.07) is 4.63. The molecule has 0 heterocycles.